The molecule has 0 aromatic rings. The smallest absolute Gasteiger partial charge is 0.410 e. The fourth-order valence-corrected chi connectivity index (χ4v) is 12.8. The summed E-state index contributed by atoms with van der Waals surface area (Å²) in [5.74, 6) is 3.50. The number of carbonyl (C=O) groups excluding carboxylic acids is 2. The summed E-state index contributed by atoms with van der Waals surface area (Å²) in [6.07, 6.45) is 11.8. The third-order valence-corrected chi connectivity index (χ3v) is 14.7. The molecule has 2 spiro atoms. The fourth-order valence-electron chi connectivity index (χ4n) is 12.8. The molecule has 0 radical (unpaired) electrons. The standard InChI is InChI=1S/C35H56N2O5/c1-20(2)29(42-30(38)36-7)25-17-21(3)28-24(40-25)18-23-22-9-10-26-32(4,5)27(41-31(39)37-15-8-16-37)11-12-35(26)19-34(22,35)14-13-33(23,28)6/h20-29H,8-19H2,1-7H3,(H,36,38)/t21-,22?,23?,24?,25?,26+,27+,28?,29-,33+,34+,35-/m1/s1. The van der Waals surface area contributed by atoms with Gasteiger partial charge in [-0.3, -0.25) is 0 Å². The van der Waals surface area contributed by atoms with Crippen molar-refractivity contribution in [3.63, 3.8) is 0 Å². The highest BCUT2D eigenvalue weighted by Gasteiger charge is 2.81. The third-order valence-electron chi connectivity index (χ3n) is 14.7. The summed E-state index contributed by atoms with van der Waals surface area (Å²) in [5.41, 5.74) is 1.27. The van der Waals surface area contributed by atoms with E-state index in [2.05, 4.69) is 46.9 Å². The van der Waals surface area contributed by atoms with E-state index in [-0.39, 0.29) is 47.9 Å². The molecule has 0 aromatic carbocycles. The average molecular weight is 585 g/mol. The molecule has 7 aliphatic rings. The predicted molar refractivity (Wildman–Crippen MR) is 161 cm³/mol. The van der Waals surface area contributed by atoms with Crippen molar-refractivity contribution < 1.29 is 23.8 Å². The number of amides is 2. The SMILES string of the molecule is CNC(=O)O[C@H](C(C)C)C1C[C@@H](C)C2C(CC3C4CC[C@H]5C(C)(C)[C@@H](OC(=O)N6CCC6)CC[C@@]56C[C@@]46CC[C@@]32C)O1. The molecule has 5 aliphatic carbocycles. The molecular formula is C35H56N2O5. The highest BCUT2D eigenvalue weighted by Crippen LogP contribution is 2.87. The van der Waals surface area contributed by atoms with Gasteiger partial charge < -0.3 is 24.4 Å². The van der Waals surface area contributed by atoms with Crippen LogP contribution in [0.2, 0.25) is 0 Å². The molecule has 2 aliphatic heterocycles. The predicted octanol–water partition coefficient (Wildman–Crippen LogP) is 7.03. The molecule has 12 atom stereocenters. The van der Waals surface area contributed by atoms with Gasteiger partial charge in [-0.2, -0.15) is 0 Å². The average Bonchev–Trinajstić information content (AvgIpc) is 3.46. The number of carbonyl (C=O) groups is 2. The Morgan fingerprint density at radius 1 is 0.976 bits per heavy atom. The van der Waals surface area contributed by atoms with Crippen molar-refractivity contribution in [1.29, 1.82) is 0 Å². The van der Waals surface area contributed by atoms with E-state index >= 15 is 0 Å². The van der Waals surface area contributed by atoms with Gasteiger partial charge in [-0.25, -0.2) is 9.59 Å². The van der Waals surface area contributed by atoms with Gasteiger partial charge in [0.05, 0.1) is 12.2 Å². The Morgan fingerprint density at radius 3 is 2.40 bits per heavy atom. The van der Waals surface area contributed by atoms with Gasteiger partial charge in [0.15, 0.2) is 0 Å². The van der Waals surface area contributed by atoms with Crippen LogP contribution in [0.4, 0.5) is 9.59 Å². The van der Waals surface area contributed by atoms with Crippen LogP contribution in [0, 0.1) is 57.2 Å². The minimum atomic E-state index is -0.357. The van der Waals surface area contributed by atoms with Crippen LogP contribution in [0.5, 0.6) is 0 Å². The number of nitrogens with one attached hydrogen (secondary N) is 1. The maximum atomic E-state index is 12.8. The number of hydrogen-bond acceptors (Lipinski definition) is 5. The molecular weight excluding hydrogens is 528 g/mol. The lowest BCUT2D eigenvalue weighted by Gasteiger charge is -2.59. The summed E-state index contributed by atoms with van der Waals surface area (Å²) >= 11 is 0. The first kappa shape index (κ1) is 29.2. The van der Waals surface area contributed by atoms with Gasteiger partial charge in [0.2, 0.25) is 0 Å². The van der Waals surface area contributed by atoms with Gasteiger partial charge >= 0.3 is 12.2 Å². The molecule has 42 heavy (non-hydrogen) atoms. The van der Waals surface area contributed by atoms with E-state index in [0.29, 0.717) is 39.9 Å². The molecule has 2 amide bonds. The Kier molecular flexibility index (Phi) is 6.78. The second-order valence-electron chi connectivity index (χ2n) is 17.0. The van der Waals surface area contributed by atoms with Gasteiger partial charge in [0, 0.05) is 25.6 Å². The first-order valence-corrected chi connectivity index (χ1v) is 17.4. The molecule has 2 saturated heterocycles. The Bertz CT molecular complexity index is 1100. The van der Waals surface area contributed by atoms with Gasteiger partial charge in [0.25, 0.3) is 0 Å². The van der Waals surface area contributed by atoms with Crippen LogP contribution < -0.4 is 5.32 Å². The molecule has 2 heterocycles. The Hall–Kier alpha value is -1.50. The first-order valence-electron chi connectivity index (χ1n) is 17.4. The normalized spacial score (nSPS) is 48.8. The number of likely N-dealkylation sites (tertiary alicyclic amines) is 1. The molecule has 0 bridgehead atoms. The molecule has 1 N–H and O–H groups in total. The summed E-state index contributed by atoms with van der Waals surface area (Å²) in [7, 11) is 1.63. The van der Waals surface area contributed by atoms with Crippen LogP contribution >= 0.6 is 0 Å². The van der Waals surface area contributed by atoms with Crippen LogP contribution in [-0.4, -0.2) is 61.6 Å². The van der Waals surface area contributed by atoms with Gasteiger partial charge in [-0.05, 0) is 116 Å². The lowest BCUT2D eigenvalue weighted by molar-refractivity contribution is -0.165. The monoisotopic (exact) mass is 584 g/mol. The second-order valence-corrected chi connectivity index (χ2v) is 17.0. The maximum absolute atomic E-state index is 12.8. The Morgan fingerprint density at radius 2 is 1.74 bits per heavy atom. The van der Waals surface area contributed by atoms with E-state index in [4.69, 9.17) is 14.2 Å². The Balaban J connectivity index is 1.09. The second kappa shape index (κ2) is 9.75. The minimum Gasteiger partial charge on any atom is -0.446 e. The number of alkyl carbamates (subject to hydrolysis) is 1. The zero-order valence-electron chi connectivity index (χ0n) is 27.2. The van der Waals surface area contributed by atoms with E-state index in [9.17, 15) is 9.59 Å². The molecule has 5 unspecified atom stereocenters. The molecule has 7 fully saturated rings. The number of hydrogen-bond donors (Lipinski definition) is 1. The molecule has 236 valence electrons. The molecule has 7 nitrogen and oxygen atoms in total. The van der Waals surface area contributed by atoms with Gasteiger partial charge in [-0.15, -0.1) is 0 Å². The highest BCUT2D eigenvalue weighted by molar-refractivity contribution is 5.68. The highest BCUT2D eigenvalue weighted by atomic mass is 16.6. The summed E-state index contributed by atoms with van der Waals surface area (Å²) in [6.45, 7) is 15.9. The minimum absolute atomic E-state index is 0.0269. The van der Waals surface area contributed by atoms with Crippen molar-refractivity contribution in [3.05, 3.63) is 0 Å². The van der Waals surface area contributed by atoms with Gasteiger partial charge in [0.1, 0.15) is 12.2 Å². The van der Waals surface area contributed by atoms with Crippen molar-refractivity contribution in [2.24, 2.45) is 57.2 Å². The van der Waals surface area contributed by atoms with Crippen LogP contribution in [0.1, 0.15) is 106 Å². The van der Waals surface area contributed by atoms with E-state index in [1.807, 2.05) is 4.90 Å². The van der Waals surface area contributed by atoms with Crippen molar-refractivity contribution in [3.8, 4) is 0 Å². The van der Waals surface area contributed by atoms with Crippen molar-refractivity contribution in [1.82, 2.24) is 10.2 Å². The lowest BCUT2D eigenvalue weighted by Crippen LogP contribution is -2.56. The van der Waals surface area contributed by atoms with Crippen LogP contribution in [0.3, 0.4) is 0 Å². The quantitative estimate of drug-likeness (QED) is 0.384. The lowest BCUT2D eigenvalue weighted by atomic mass is 9.46. The van der Waals surface area contributed by atoms with Crippen LogP contribution in [0.15, 0.2) is 0 Å². The summed E-state index contributed by atoms with van der Waals surface area (Å²) < 4.78 is 19.1. The summed E-state index contributed by atoms with van der Waals surface area (Å²) in [6, 6.07) is 0. The molecule has 0 aromatic heterocycles. The van der Waals surface area contributed by atoms with E-state index < -0.39 is 0 Å². The Labute approximate surface area is 253 Å². The first-order chi connectivity index (χ1) is 19.9. The van der Waals surface area contributed by atoms with Gasteiger partial charge in [-0.1, -0.05) is 41.5 Å². The van der Waals surface area contributed by atoms with Crippen LogP contribution in [0.25, 0.3) is 0 Å². The zero-order chi connectivity index (χ0) is 29.8. The topological polar surface area (TPSA) is 77.1 Å². The maximum Gasteiger partial charge on any atom is 0.410 e. The number of rotatable bonds is 4. The molecule has 5 saturated carbocycles. The number of nitrogens with zero attached hydrogens (tertiary/aromatic N) is 1. The zero-order valence-corrected chi connectivity index (χ0v) is 27.2. The summed E-state index contributed by atoms with van der Waals surface area (Å²) in [4.78, 5) is 26.9. The number of fused-ring (bicyclic) bond motifs is 4. The largest absolute Gasteiger partial charge is 0.446 e. The molecule has 7 heteroatoms. The summed E-state index contributed by atoms with van der Waals surface area (Å²) in [5, 5.41) is 2.64. The van der Waals surface area contributed by atoms with Crippen molar-refractivity contribution in [2.75, 3.05) is 20.1 Å². The van der Waals surface area contributed by atoms with Crippen LogP contribution in [-0.2, 0) is 14.2 Å². The van der Waals surface area contributed by atoms with E-state index in [0.717, 1.165) is 38.3 Å². The number of ether oxygens (including phenoxy) is 3. The fraction of sp³-hybridized carbons (Fsp3) is 0.943. The van der Waals surface area contributed by atoms with Crippen molar-refractivity contribution in [2.45, 2.75) is 130 Å². The molecule has 7 rings (SSSR count). The van der Waals surface area contributed by atoms with E-state index in [1.54, 1.807) is 7.05 Å². The van der Waals surface area contributed by atoms with E-state index in [1.165, 1.54) is 44.9 Å². The van der Waals surface area contributed by atoms with Crippen molar-refractivity contribution >= 4 is 12.2 Å². The third kappa shape index (κ3) is 3.92.